The smallest absolute Gasteiger partial charge is 0.325 e. The molecule has 0 radical (unpaired) electrons. The van der Waals surface area contributed by atoms with Crippen LogP contribution in [0.25, 0.3) is 0 Å². The monoisotopic (exact) mass is 281 g/mol. The van der Waals surface area contributed by atoms with Crippen molar-refractivity contribution in [3.63, 3.8) is 0 Å². The second kappa shape index (κ2) is 5.04. The number of methoxy groups -OCH3 is 1. The first-order chi connectivity index (χ1) is 8.85. The molecule has 104 valence electrons. The normalized spacial score (nSPS) is 20.9. The highest BCUT2D eigenvalue weighted by molar-refractivity contribution is 6.30. The molecule has 0 N–H and O–H groups in total. The van der Waals surface area contributed by atoms with Crippen LogP contribution in [0, 0.1) is 0 Å². The third-order valence-electron chi connectivity index (χ3n) is 3.86. The topological polar surface area (TPSA) is 29.5 Å². The van der Waals surface area contributed by atoms with Crippen molar-refractivity contribution in [2.45, 2.75) is 38.6 Å². The number of carbonyl (C=O) groups excluding carboxylic acids is 1. The van der Waals surface area contributed by atoms with E-state index in [0.717, 1.165) is 17.1 Å². The van der Waals surface area contributed by atoms with E-state index in [-0.39, 0.29) is 18.1 Å². The van der Waals surface area contributed by atoms with E-state index < -0.39 is 0 Å². The summed E-state index contributed by atoms with van der Waals surface area (Å²) in [5, 5.41) is 0.739. The van der Waals surface area contributed by atoms with Crippen LogP contribution < -0.4 is 4.90 Å². The van der Waals surface area contributed by atoms with E-state index >= 15 is 0 Å². The summed E-state index contributed by atoms with van der Waals surface area (Å²) in [6.07, 6.45) is 0.983. The van der Waals surface area contributed by atoms with Crippen molar-refractivity contribution in [1.29, 1.82) is 0 Å². The number of esters is 1. The van der Waals surface area contributed by atoms with Crippen LogP contribution in [0.1, 0.15) is 38.7 Å². The van der Waals surface area contributed by atoms with Crippen molar-refractivity contribution in [1.82, 2.24) is 0 Å². The second-order valence-corrected chi connectivity index (χ2v) is 6.22. The van der Waals surface area contributed by atoms with Gasteiger partial charge in [-0.2, -0.15) is 0 Å². The van der Waals surface area contributed by atoms with Gasteiger partial charge in [-0.15, -0.1) is 0 Å². The minimum Gasteiger partial charge on any atom is -0.468 e. The van der Waals surface area contributed by atoms with Gasteiger partial charge >= 0.3 is 5.97 Å². The summed E-state index contributed by atoms with van der Waals surface area (Å²) in [7, 11) is 1.42. The van der Waals surface area contributed by atoms with Gasteiger partial charge in [0, 0.05) is 16.2 Å². The minimum atomic E-state index is -0.219. The third kappa shape index (κ3) is 2.71. The number of nitrogens with zero attached hydrogens (tertiary/aromatic N) is 1. The maximum absolute atomic E-state index is 11.6. The summed E-state index contributed by atoms with van der Waals surface area (Å²) in [4.78, 5) is 13.8. The van der Waals surface area contributed by atoms with E-state index in [2.05, 4.69) is 25.7 Å². The molecule has 1 atom stereocenters. The average Bonchev–Trinajstić information content (AvgIpc) is 2.34. The Bertz CT molecular complexity index is 499. The first-order valence-corrected chi connectivity index (χ1v) is 6.87. The van der Waals surface area contributed by atoms with Gasteiger partial charge in [0.15, 0.2) is 0 Å². The highest BCUT2D eigenvalue weighted by Gasteiger charge is 2.37. The predicted molar refractivity (Wildman–Crippen MR) is 77.9 cm³/mol. The van der Waals surface area contributed by atoms with Crippen LogP contribution in [-0.4, -0.2) is 25.2 Å². The molecule has 0 fully saturated rings. The molecule has 0 aromatic heterocycles. The molecule has 0 amide bonds. The third-order valence-corrected chi connectivity index (χ3v) is 4.10. The second-order valence-electron chi connectivity index (χ2n) is 5.78. The predicted octanol–water partition coefficient (Wildman–Crippen LogP) is 3.61. The first-order valence-electron chi connectivity index (χ1n) is 6.49. The molecule has 1 aromatic rings. The van der Waals surface area contributed by atoms with E-state index in [4.69, 9.17) is 16.3 Å². The van der Waals surface area contributed by atoms with Crippen LogP contribution in [0.2, 0.25) is 5.02 Å². The lowest BCUT2D eigenvalue weighted by Gasteiger charge is -2.47. The highest BCUT2D eigenvalue weighted by Crippen LogP contribution is 2.43. The molecule has 0 unspecified atom stereocenters. The average molecular weight is 282 g/mol. The van der Waals surface area contributed by atoms with E-state index in [9.17, 15) is 4.79 Å². The lowest BCUT2D eigenvalue weighted by molar-refractivity contribution is -0.139. The molecule has 19 heavy (non-hydrogen) atoms. The van der Waals surface area contributed by atoms with Gasteiger partial charge in [-0.25, -0.2) is 0 Å². The van der Waals surface area contributed by atoms with Crippen LogP contribution in [-0.2, 0) is 9.53 Å². The SMILES string of the molecule is COC(=O)CN1c2ccc(Cl)cc2[C@@H](C)CC1(C)C. The van der Waals surface area contributed by atoms with Gasteiger partial charge in [0.05, 0.1) is 7.11 Å². The summed E-state index contributed by atoms with van der Waals surface area (Å²) >= 11 is 6.08. The number of halogens is 1. The summed E-state index contributed by atoms with van der Waals surface area (Å²) in [5.41, 5.74) is 2.21. The molecule has 2 rings (SSSR count). The largest absolute Gasteiger partial charge is 0.468 e. The van der Waals surface area contributed by atoms with Crippen molar-refractivity contribution in [2.24, 2.45) is 0 Å². The molecule has 4 heteroatoms. The molecule has 0 saturated carbocycles. The molecular weight excluding hydrogens is 262 g/mol. The number of fused-ring (bicyclic) bond motifs is 1. The van der Waals surface area contributed by atoms with Gasteiger partial charge < -0.3 is 9.64 Å². The van der Waals surface area contributed by atoms with Crippen LogP contribution >= 0.6 is 11.6 Å². The Morgan fingerprint density at radius 2 is 2.21 bits per heavy atom. The van der Waals surface area contributed by atoms with Crippen LogP contribution in [0.4, 0.5) is 5.69 Å². The molecule has 0 bridgehead atoms. The Hall–Kier alpha value is -1.22. The van der Waals surface area contributed by atoms with Gasteiger partial charge in [0.25, 0.3) is 0 Å². The van der Waals surface area contributed by atoms with E-state index in [1.54, 1.807) is 0 Å². The minimum absolute atomic E-state index is 0.0750. The fourth-order valence-corrected chi connectivity index (χ4v) is 3.13. The molecule has 1 aliphatic heterocycles. The fraction of sp³-hybridized carbons (Fsp3) is 0.533. The fourth-order valence-electron chi connectivity index (χ4n) is 2.95. The van der Waals surface area contributed by atoms with Crippen molar-refractivity contribution < 1.29 is 9.53 Å². The quantitative estimate of drug-likeness (QED) is 0.776. The molecule has 1 heterocycles. The Balaban J connectivity index is 2.45. The Labute approximate surface area is 119 Å². The summed E-state index contributed by atoms with van der Waals surface area (Å²) in [5.74, 6) is 0.209. The van der Waals surface area contributed by atoms with Gasteiger partial charge in [-0.05, 0) is 49.9 Å². The van der Waals surface area contributed by atoms with Crippen molar-refractivity contribution in [3.8, 4) is 0 Å². The summed E-state index contributed by atoms with van der Waals surface area (Å²) in [6, 6.07) is 5.87. The van der Waals surface area contributed by atoms with E-state index in [1.807, 2.05) is 18.2 Å². The van der Waals surface area contributed by atoms with E-state index in [0.29, 0.717) is 5.92 Å². The van der Waals surface area contributed by atoms with Gasteiger partial charge in [-0.3, -0.25) is 4.79 Å². The zero-order chi connectivity index (χ0) is 14.2. The Morgan fingerprint density at radius 3 is 2.84 bits per heavy atom. The van der Waals surface area contributed by atoms with Crippen LogP contribution in [0.3, 0.4) is 0 Å². The maximum Gasteiger partial charge on any atom is 0.325 e. The number of ether oxygens (including phenoxy) is 1. The lowest BCUT2D eigenvalue weighted by atomic mass is 9.80. The molecule has 0 spiro atoms. The molecule has 3 nitrogen and oxygen atoms in total. The number of benzene rings is 1. The van der Waals surface area contributed by atoms with Crippen LogP contribution in [0.15, 0.2) is 18.2 Å². The number of carbonyl (C=O) groups is 1. The summed E-state index contributed by atoms with van der Waals surface area (Å²) in [6.45, 7) is 6.78. The number of hydrogen-bond acceptors (Lipinski definition) is 3. The van der Waals surface area contributed by atoms with Crippen molar-refractivity contribution in [3.05, 3.63) is 28.8 Å². The zero-order valence-electron chi connectivity index (χ0n) is 11.9. The number of hydrogen-bond donors (Lipinski definition) is 0. The molecule has 0 aliphatic carbocycles. The van der Waals surface area contributed by atoms with E-state index in [1.165, 1.54) is 12.7 Å². The van der Waals surface area contributed by atoms with Crippen LogP contribution in [0.5, 0.6) is 0 Å². The number of anilines is 1. The highest BCUT2D eigenvalue weighted by atomic mass is 35.5. The molecule has 1 aliphatic rings. The Kier molecular flexibility index (Phi) is 3.77. The van der Waals surface area contributed by atoms with Gasteiger partial charge in [0.1, 0.15) is 6.54 Å². The van der Waals surface area contributed by atoms with Crippen molar-refractivity contribution >= 4 is 23.3 Å². The maximum atomic E-state index is 11.6. The first kappa shape index (κ1) is 14.2. The molecule has 0 saturated heterocycles. The molecule has 1 aromatic carbocycles. The standard InChI is InChI=1S/C15H20ClNO2/c1-10-8-15(2,3)17(9-14(18)19-4)13-6-5-11(16)7-12(10)13/h5-7,10H,8-9H2,1-4H3/t10-/m0/s1. The molecular formula is C15H20ClNO2. The summed E-state index contributed by atoms with van der Waals surface area (Å²) < 4.78 is 4.81. The Morgan fingerprint density at radius 1 is 1.53 bits per heavy atom. The van der Waals surface area contributed by atoms with Crippen molar-refractivity contribution in [2.75, 3.05) is 18.6 Å². The number of rotatable bonds is 2. The van der Waals surface area contributed by atoms with Gasteiger partial charge in [0.2, 0.25) is 0 Å². The van der Waals surface area contributed by atoms with Gasteiger partial charge in [-0.1, -0.05) is 18.5 Å². The zero-order valence-corrected chi connectivity index (χ0v) is 12.6. The lowest BCUT2D eigenvalue weighted by Crippen LogP contribution is -2.50.